The smallest absolute Gasteiger partial charge is 0.329 e. The zero-order valence-corrected chi connectivity index (χ0v) is 8.23. The van der Waals surface area contributed by atoms with E-state index >= 15 is 0 Å². The molecule has 0 bridgehead atoms. The van der Waals surface area contributed by atoms with E-state index in [2.05, 4.69) is 10.4 Å². The highest BCUT2D eigenvalue weighted by atomic mass is 16.2. The van der Waals surface area contributed by atoms with Gasteiger partial charge < -0.3 is 5.73 Å². The van der Waals surface area contributed by atoms with Crippen LogP contribution in [0.4, 0.5) is 16.4 Å². The summed E-state index contributed by atoms with van der Waals surface area (Å²) in [5.41, 5.74) is 5.50. The first-order valence-corrected chi connectivity index (χ1v) is 4.49. The molecule has 1 fully saturated rings. The molecule has 3 amide bonds. The maximum Gasteiger partial charge on any atom is 0.329 e. The lowest BCUT2D eigenvalue weighted by atomic mass is 10.3. The highest BCUT2D eigenvalue weighted by Gasteiger charge is 2.26. The Bertz CT molecular complexity index is 425. The molecule has 2 rings (SSSR count). The number of aromatic nitrogens is 2. The van der Waals surface area contributed by atoms with E-state index in [0.717, 1.165) is 0 Å². The molecule has 0 aromatic carbocycles. The Kier molecular flexibility index (Phi) is 2.07. The second kappa shape index (κ2) is 3.26. The SMILES string of the molecule is Cn1nc(N)cc1N1CCC(=O)NC1=O. The van der Waals surface area contributed by atoms with Crippen molar-refractivity contribution in [1.29, 1.82) is 0 Å². The Labute approximate surface area is 85.8 Å². The number of nitrogens with zero attached hydrogens (tertiary/aromatic N) is 3. The van der Waals surface area contributed by atoms with Gasteiger partial charge in [0, 0.05) is 26.1 Å². The number of amides is 3. The number of nitrogens with two attached hydrogens (primary N) is 1. The number of carbonyl (C=O) groups is 2. The average molecular weight is 209 g/mol. The summed E-state index contributed by atoms with van der Waals surface area (Å²) >= 11 is 0. The standard InChI is InChI=1S/C8H11N5O2/c1-12-7(4-5(9)11-12)13-3-2-6(14)10-8(13)15/h4H,2-3H2,1H3,(H2,9,11)(H,10,14,15). The second-order valence-corrected chi connectivity index (χ2v) is 3.31. The van der Waals surface area contributed by atoms with E-state index in [0.29, 0.717) is 18.2 Å². The summed E-state index contributed by atoms with van der Waals surface area (Å²) in [7, 11) is 1.69. The molecule has 1 aliphatic rings. The van der Waals surface area contributed by atoms with Gasteiger partial charge in [0.05, 0.1) is 0 Å². The van der Waals surface area contributed by atoms with Gasteiger partial charge in [-0.05, 0) is 0 Å². The molecule has 0 radical (unpaired) electrons. The topological polar surface area (TPSA) is 93.2 Å². The number of anilines is 2. The van der Waals surface area contributed by atoms with Crippen molar-refractivity contribution in [3.8, 4) is 0 Å². The number of urea groups is 1. The molecule has 3 N–H and O–H groups in total. The molecule has 80 valence electrons. The molecule has 7 nitrogen and oxygen atoms in total. The molecule has 1 aromatic heterocycles. The Balaban J connectivity index is 2.27. The Morgan fingerprint density at radius 2 is 2.27 bits per heavy atom. The lowest BCUT2D eigenvalue weighted by molar-refractivity contribution is -0.120. The minimum atomic E-state index is -0.436. The van der Waals surface area contributed by atoms with Crippen molar-refractivity contribution < 1.29 is 9.59 Å². The third-order valence-corrected chi connectivity index (χ3v) is 2.20. The first-order chi connectivity index (χ1) is 7.08. The normalized spacial score (nSPS) is 16.7. The molecule has 15 heavy (non-hydrogen) atoms. The van der Waals surface area contributed by atoms with Crippen LogP contribution in [-0.2, 0) is 11.8 Å². The van der Waals surface area contributed by atoms with E-state index in [1.54, 1.807) is 13.1 Å². The van der Waals surface area contributed by atoms with Crippen LogP contribution in [0.1, 0.15) is 6.42 Å². The maximum atomic E-state index is 11.5. The van der Waals surface area contributed by atoms with Crippen LogP contribution < -0.4 is 16.0 Å². The predicted molar refractivity (Wildman–Crippen MR) is 53.1 cm³/mol. The van der Waals surface area contributed by atoms with Gasteiger partial charge in [0.2, 0.25) is 5.91 Å². The molecule has 2 heterocycles. The van der Waals surface area contributed by atoms with Crippen LogP contribution in [0.5, 0.6) is 0 Å². The first kappa shape index (κ1) is 9.50. The molecular weight excluding hydrogens is 198 g/mol. The average Bonchev–Trinajstić information content (AvgIpc) is 2.45. The lowest BCUT2D eigenvalue weighted by Gasteiger charge is -2.25. The summed E-state index contributed by atoms with van der Waals surface area (Å²) < 4.78 is 1.50. The number of nitrogen functional groups attached to an aromatic ring is 1. The number of nitrogens with one attached hydrogen (secondary N) is 1. The minimum absolute atomic E-state index is 0.258. The molecule has 0 saturated carbocycles. The van der Waals surface area contributed by atoms with Gasteiger partial charge in [-0.25, -0.2) is 4.79 Å². The number of rotatable bonds is 1. The number of carbonyl (C=O) groups excluding carboxylic acids is 2. The molecule has 0 atom stereocenters. The van der Waals surface area contributed by atoms with Gasteiger partial charge in [0.1, 0.15) is 11.6 Å². The third kappa shape index (κ3) is 1.63. The summed E-state index contributed by atoms with van der Waals surface area (Å²) in [5.74, 6) is 0.668. The Morgan fingerprint density at radius 3 is 2.80 bits per heavy atom. The Morgan fingerprint density at radius 1 is 1.53 bits per heavy atom. The molecule has 0 unspecified atom stereocenters. The molecule has 7 heteroatoms. The van der Waals surface area contributed by atoms with Gasteiger partial charge in [0.15, 0.2) is 0 Å². The van der Waals surface area contributed by atoms with Crippen molar-refractivity contribution in [3.63, 3.8) is 0 Å². The highest BCUT2D eigenvalue weighted by molar-refractivity contribution is 6.05. The highest BCUT2D eigenvalue weighted by Crippen LogP contribution is 2.18. The van der Waals surface area contributed by atoms with Crippen LogP contribution in [0.2, 0.25) is 0 Å². The summed E-state index contributed by atoms with van der Waals surface area (Å²) in [6.45, 7) is 0.351. The van der Waals surface area contributed by atoms with E-state index in [1.165, 1.54) is 9.58 Å². The summed E-state index contributed by atoms with van der Waals surface area (Å²) in [4.78, 5) is 23.8. The van der Waals surface area contributed by atoms with Crippen LogP contribution in [0, 0.1) is 0 Å². The number of hydrogen-bond donors (Lipinski definition) is 2. The van der Waals surface area contributed by atoms with E-state index < -0.39 is 6.03 Å². The molecular formula is C8H11N5O2. The lowest BCUT2D eigenvalue weighted by Crippen LogP contribution is -2.50. The monoisotopic (exact) mass is 209 g/mol. The van der Waals surface area contributed by atoms with E-state index in [-0.39, 0.29) is 12.3 Å². The van der Waals surface area contributed by atoms with E-state index in [1.807, 2.05) is 0 Å². The van der Waals surface area contributed by atoms with Crippen molar-refractivity contribution in [2.45, 2.75) is 6.42 Å². The molecule has 0 aliphatic carbocycles. The summed E-state index contributed by atoms with van der Waals surface area (Å²) in [5, 5.41) is 6.16. The first-order valence-electron chi connectivity index (χ1n) is 4.49. The van der Waals surface area contributed by atoms with E-state index in [9.17, 15) is 9.59 Å². The number of hydrogen-bond acceptors (Lipinski definition) is 4. The molecule has 1 aromatic rings. The van der Waals surface area contributed by atoms with Crippen LogP contribution in [-0.4, -0.2) is 28.3 Å². The largest absolute Gasteiger partial charge is 0.382 e. The van der Waals surface area contributed by atoms with Crippen LogP contribution in [0.15, 0.2) is 6.07 Å². The van der Waals surface area contributed by atoms with E-state index in [4.69, 9.17) is 5.73 Å². The van der Waals surface area contributed by atoms with Gasteiger partial charge in [-0.15, -0.1) is 0 Å². The van der Waals surface area contributed by atoms with Gasteiger partial charge in [-0.3, -0.25) is 19.7 Å². The number of aryl methyl sites for hydroxylation is 1. The quantitative estimate of drug-likeness (QED) is 0.648. The molecule has 1 aliphatic heterocycles. The van der Waals surface area contributed by atoms with Crippen LogP contribution >= 0.6 is 0 Å². The predicted octanol–water partition coefficient (Wildman–Crippen LogP) is -0.551. The van der Waals surface area contributed by atoms with Crippen molar-refractivity contribution in [2.75, 3.05) is 17.2 Å². The fraction of sp³-hybridized carbons (Fsp3) is 0.375. The maximum absolute atomic E-state index is 11.5. The zero-order chi connectivity index (χ0) is 11.0. The third-order valence-electron chi connectivity index (χ3n) is 2.20. The molecule has 1 saturated heterocycles. The van der Waals surface area contributed by atoms with Crippen LogP contribution in [0.3, 0.4) is 0 Å². The van der Waals surface area contributed by atoms with Crippen molar-refractivity contribution in [1.82, 2.24) is 15.1 Å². The van der Waals surface area contributed by atoms with Gasteiger partial charge in [-0.2, -0.15) is 5.10 Å². The summed E-state index contributed by atoms with van der Waals surface area (Å²) in [6, 6.07) is 1.16. The van der Waals surface area contributed by atoms with Crippen LogP contribution in [0.25, 0.3) is 0 Å². The second-order valence-electron chi connectivity index (χ2n) is 3.31. The number of imide groups is 1. The van der Waals surface area contributed by atoms with Gasteiger partial charge >= 0.3 is 6.03 Å². The van der Waals surface area contributed by atoms with Gasteiger partial charge in [-0.1, -0.05) is 0 Å². The Hall–Kier alpha value is -2.05. The fourth-order valence-electron chi connectivity index (χ4n) is 1.51. The summed E-state index contributed by atoms with van der Waals surface area (Å²) in [6.07, 6.45) is 0.289. The minimum Gasteiger partial charge on any atom is -0.382 e. The zero-order valence-electron chi connectivity index (χ0n) is 8.23. The van der Waals surface area contributed by atoms with Gasteiger partial charge in [0.25, 0.3) is 0 Å². The van der Waals surface area contributed by atoms with Crippen molar-refractivity contribution in [2.24, 2.45) is 7.05 Å². The fourth-order valence-corrected chi connectivity index (χ4v) is 1.51. The van der Waals surface area contributed by atoms with Crippen molar-refractivity contribution >= 4 is 23.6 Å². The molecule has 0 spiro atoms. The van der Waals surface area contributed by atoms with Crippen molar-refractivity contribution in [3.05, 3.63) is 6.07 Å².